The first-order valence-corrected chi connectivity index (χ1v) is 8.10. The zero-order valence-electron chi connectivity index (χ0n) is 12.4. The number of pyridine rings is 1. The number of nitrogens with zero attached hydrogens (tertiary/aromatic N) is 3. The summed E-state index contributed by atoms with van der Waals surface area (Å²) in [6.07, 6.45) is 4.67. The third-order valence-corrected chi connectivity index (χ3v) is 4.44. The molecule has 0 spiro atoms. The van der Waals surface area contributed by atoms with Crippen molar-refractivity contribution in [3.05, 3.63) is 23.4 Å². The molecular weight excluding hydrogens is 304 g/mol. The zero-order valence-corrected chi connectivity index (χ0v) is 13.2. The number of nitrogens with one attached hydrogen (secondary N) is 1. The Morgan fingerprint density at radius 3 is 3.00 bits per heavy atom. The Bertz CT molecular complexity index is 538. The molecule has 2 amide bonds. The van der Waals surface area contributed by atoms with E-state index in [9.17, 15) is 4.79 Å². The van der Waals surface area contributed by atoms with Crippen LogP contribution in [0.2, 0.25) is 5.02 Å². The smallest absolute Gasteiger partial charge is 0.318 e. The SMILES string of the molecule is O=C(N[C@H]1CCN(c2ncccc2Cl)C1)N(CCO)C1CC1. The van der Waals surface area contributed by atoms with Crippen LogP contribution in [0.15, 0.2) is 18.3 Å². The van der Waals surface area contributed by atoms with Gasteiger partial charge in [0.1, 0.15) is 5.82 Å². The number of aromatic nitrogens is 1. The molecule has 6 nitrogen and oxygen atoms in total. The van der Waals surface area contributed by atoms with Crippen LogP contribution in [0.4, 0.5) is 10.6 Å². The summed E-state index contributed by atoms with van der Waals surface area (Å²) in [5, 5.41) is 12.8. The molecule has 2 fully saturated rings. The summed E-state index contributed by atoms with van der Waals surface area (Å²) in [7, 11) is 0. The van der Waals surface area contributed by atoms with Crippen molar-refractivity contribution in [1.29, 1.82) is 0 Å². The van der Waals surface area contributed by atoms with Gasteiger partial charge in [0, 0.05) is 37.9 Å². The third kappa shape index (κ3) is 3.44. The first kappa shape index (κ1) is 15.4. The molecule has 0 unspecified atom stereocenters. The number of rotatable bonds is 5. The van der Waals surface area contributed by atoms with E-state index < -0.39 is 0 Å². The van der Waals surface area contributed by atoms with Crippen LogP contribution in [0, 0.1) is 0 Å². The highest BCUT2D eigenvalue weighted by Crippen LogP contribution is 2.28. The lowest BCUT2D eigenvalue weighted by Crippen LogP contribution is -2.47. The summed E-state index contributed by atoms with van der Waals surface area (Å²) >= 11 is 6.17. The molecule has 22 heavy (non-hydrogen) atoms. The van der Waals surface area contributed by atoms with E-state index in [2.05, 4.69) is 15.2 Å². The summed E-state index contributed by atoms with van der Waals surface area (Å²) in [5.41, 5.74) is 0. The fourth-order valence-corrected chi connectivity index (χ4v) is 3.12. The molecule has 2 heterocycles. The Morgan fingerprint density at radius 2 is 2.32 bits per heavy atom. The molecule has 1 saturated heterocycles. The van der Waals surface area contributed by atoms with Gasteiger partial charge in [0.2, 0.25) is 0 Å². The van der Waals surface area contributed by atoms with E-state index >= 15 is 0 Å². The van der Waals surface area contributed by atoms with Gasteiger partial charge in [-0.05, 0) is 31.4 Å². The predicted molar refractivity (Wildman–Crippen MR) is 85.2 cm³/mol. The van der Waals surface area contributed by atoms with Crippen LogP contribution in [-0.2, 0) is 0 Å². The molecule has 2 aliphatic rings. The molecule has 3 rings (SSSR count). The van der Waals surface area contributed by atoms with E-state index in [4.69, 9.17) is 16.7 Å². The summed E-state index contributed by atoms with van der Waals surface area (Å²) in [6.45, 7) is 1.94. The van der Waals surface area contributed by atoms with Gasteiger partial charge in [0.05, 0.1) is 11.6 Å². The average Bonchev–Trinajstić information content (AvgIpc) is 3.25. The van der Waals surface area contributed by atoms with E-state index in [1.807, 2.05) is 12.1 Å². The van der Waals surface area contributed by atoms with Gasteiger partial charge in [0.15, 0.2) is 0 Å². The monoisotopic (exact) mass is 324 g/mol. The molecule has 120 valence electrons. The van der Waals surface area contributed by atoms with Gasteiger partial charge in [-0.2, -0.15) is 0 Å². The van der Waals surface area contributed by atoms with E-state index in [1.54, 1.807) is 11.1 Å². The fourth-order valence-electron chi connectivity index (χ4n) is 2.88. The molecule has 1 atom stereocenters. The Morgan fingerprint density at radius 1 is 1.50 bits per heavy atom. The number of aliphatic hydroxyl groups excluding tert-OH is 1. The first-order chi connectivity index (χ1) is 10.7. The van der Waals surface area contributed by atoms with E-state index in [0.29, 0.717) is 24.2 Å². The van der Waals surface area contributed by atoms with Crippen molar-refractivity contribution in [3.8, 4) is 0 Å². The van der Waals surface area contributed by atoms with E-state index in [0.717, 1.165) is 31.6 Å². The van der Waals surface area contributed by atoms with Crippen LogP contribution in [0.5, 0.6) is 0 Å². The molecule has 2 N–H and O–H groups in total. The van der Waals surface area contributed by atoms with Gasteiger partial charge in [-0.15, -0.1) is 0 Å². The Balaban J connectivity index is 1.56. The lowest BCUT2D eigenvalue weighted by molar-refractivity contribution is 0.171. The Hall–Kier alpha value is -1.53. The fraction of sp³-hybridized carbons (Fsp3) is 0.600. The summed E-state index contributed by atoms with van der Waals surface area (Å²) in [4.78, 5) is 20.5. The minimum Gasteiger partial charge on any atom is -0.395 e. The number of hydrogen-bond donors (Lipinski definition) is 2. The van der Waals surface area contributed by atoms with Crippen LogP contribution in [-0.4, -0.2) is 59.3 Å². The summed E-state index contributed by atoms with van der Waals surface area (Å²) in [5.74, 6) is 0.773. The lowest BCUT2D eigenvalue weighted by atomic mass is 10.3. The number of amides is 2. The van der Waals surface area contributed by atoms with Gasteiger partial charge in [-0.1, -0.05) is 11.6 Å². The summed E-state index contributed by atoms with van der Waals surface area (Å²) < 4.78 is 0. The number of anilines is 1. The quantitative estimate of drug-likeness (QED) is 0.861. The van der Waals surface area contributed by atoms with Crippen molar-refractivity contribution >= 4 is 23.4 Å². The maximum atomic E-state index is 12.3. The van der Waals surface area contributed by atoms with Gasteiger partial charge in [0.25, 0.3) is 0 Å². The molecule has 7 heteroatoms. The molecule has 1 aliphatic heterocycles. The normalized spacial score (nSPS) is 21.0. The Kier molecular flexibility index (Phi) is 4.69. The standard InChI is InChI=1S/C15H21ClN4O2/c16-13-2-1-6-17-14(13)19-7-5-11(10-19)18-15(22)20(8-9-21)12-3-4-12/h1-2,6,11-12,21H,3-5,7-10H2,(H,18,22)/t11-/m0/s1. The molecule has 1 aromatic rings. The molecule has 1 saturated carbocycles. The lowest BCUT2D eigenvalue weighted by Gasteiger charge is -2.24. The second-order valence-corrected chi connectivity index (χ2v) is 6.25. The molecular formula is C15H21ClN4O2. The first-order valence-electron chi connectivity index (χ1n) is 7.72. The zero-order chi connectivity index (χ0) is 15.5. The minimum atomic E-state index is -0.0736. The van der Waals surface area contributed by atoms with Gasteiger partial charge < -0.3 is 20.2 Å². The van der Waals surface area contributed by atoms with Crippen molar-refractivity contribution in [2.45, 2.75) is 31.3 Å². The van der Waals surface area contributed by atoms with E-state index in [-0.39, 0.29) is 18.7 Å². The van der Waals surface area contributed by atoms with Crippen LogP contribution < -0.4 is 10.2 Å². The maximum absolute atomic E-state index is 12.3. The maximum Gasteiger partial charge on any atom is 0.318 e. The van der Waals surface area contributed by atoms with Crippen LogP contribution in [0.25, 0.3) is 0 Å². The predicted octanol–water partition coefficient (Wildman–Crippen LogP) is 1.48. The van der Waals surface area contributed by atoms with Gasteiger partial charge >= 0.3 is 6.03 Å². The highest BCUT2D eigenvalue weighted by molar-refractivity contribution is 6.32. The summed E-state index contributed by atoms with van der Waals surface area (Å²) in [6, 6.07) is 3.95. The van der Waals surface area contributed by atoms with Crippen LogP contribution in [0.3, 0.4) is 0 Å². The molecule has 1 aliphatic carbocycles. The molecule has 0 aromatic carbocycles. The van der Waals surface area contributed by atoms with Gasteiger partial charge in [-0.25, -0.2) is 9.78 Å². The van der Waals surface area contributed by atoms with Crippen molar-refractivity contribution in [1.82, 2.24) is 15.2 Å². The molecule has 0 bridgehead atoms. The average molecular weight is 325 g/mol. The Labute approximate surface area is 135 Å². The highest BCUT2D eigenvalue weighted by Gasteiger charge is 2.34. The van der Waals surface area contributed by atoms with Crippen molar-refractivity contribution in [3.63, 3.8) is 0 Å². The van der Waals surface area contributed by atoms with Crippen molar-refractivity contribution < 1.29 is 9.90 Å². The topological polar surface area (TPSA) is 68.7 Å². The van der Waals surface area contributed by atoms with Crippen LogP contribution >= 0.6 is 11.6 Å². The number of halogens is 1. The van der Waals surface area contributed by atoms with Crippen molar-refractivity contribution in [2.75, 3.05) is 31.1 Å². The number of urea groups is 1. The number of hydrogen-bond acceptors (Lipinski definition) is 4. The number of carbonyl (C=O) groups excluding carboxylic acids is 1. The van der Waals surface area contributed by atoms with Gasteiger partial charge in [-0.3, -0.25) is 0 Å². The second-order valence-electron chi connectivity index (χ2n) is 5.84. The number of aliphatic hydroxyl groups is 1. The molecule has 0 radical (unpaired) electrons. The largest absolute Gasteiger partial charge is 0.395 e. The van der Waals surface area contributed by atoms with E-state index in [1.165, 1.54) is 0 Å². The minimum absolute atomic E-state index is 0.00422. The van der Waals surface area contributed by atoms with Crippen molar-refractivity contribution in [2.24, 2.45) is 0 Å². The molecule has 1 aromatic heterocycles. The third-order valence-electron chi connectivity index (χ3n) is 4.14. The number of carbonyl (C=O) groups is 1. The highest BCUT2D eigenvalue weighted by atomic mass is 35.5. The van der Waals surface area contributed by atoms with Crippen LogP contribution in [0.1, 0.15) is 19.3 Å². The second kappa shape index (κ2) is 6.71.